The third kappa shape index (κ3) is 8.18. The van der Waals surface area contributed by atoms with Crippen LogP contribution in [0.4, 0.5) is 22.7 Å². The SMILES string of the molecule is C=Cc1ccc(N(CCCC)CCCC)cc1C(C)(c1ccc2c(c1)Sc1ccccc1N2)c1cc(N(CCCC)CCCC)ccc1C=C. The number of rotatable bonds is 19. The Morgan fingerprint density at radius 1 is 0.600 bits per heavy atom. The van der Waals surface area contributed by atoms with Crippen LogP contribution in [0.3, 0.4) is 0 Å². The summed E-state index contributed by atoms with van der Waals surface area (Å²) in [5.74, 6) is 0. The molecule has 0 unspecified atom stereocenters. The first-order valence-electron chi connectivity index (χ1n) is 19.1. The van der Waals surface area contributed by atoms with Crippen molar-refractivity contribution in [3.05, 3.63) is 120 Å². The van der Waals surface area contributed by atoms with Crippen molar-refractivity contribution in [1.82, 2.24) is 0 Å². The van der Waals surface area contributed by atoms with Gasteiger partial charge in [-0.1, -0.05) is 121 Å². The first kappa shape index (κ1) is 37.4. The minimum Gasteiger partial charge on any atom is -0.372 e. The van der Waals surface area contributed by atoms with Crippen LogP contribution in [0, 0.1) is 0 Å². The first-order chi connectivity index (χ1) is 24.4. The summed E-state index contributed by atoms with van der Waals surface area (Å²) < 4.78 is 0. The summed E-state index contributed by atoms with van der Waals surface area (Å²) >= 11 is 1.86. The van der Waals surface area contributed by atoms with Gasteiger partial charge in [-0.3, -0.25) is 0 Å². The molecule has 0 saturated carbocycles. The van der Waals surface area contributed by atoms with Gasteiger partial charge >= 0.3 is 0 Å². The lowest BCUT2D eigenvalue weighted by atomic mass is 9.68. The number of hydrogen-bond donors (Lipinski definition) is 1. The Bertz CT molecular complexity index is 1650. The van der Waals surface area contributed by atoms with Crippen LogP contribution in [-0.4, -0.2) is 26.2 Å². The first-order valence-corrected chi connectivity index (χ1v) is 20.0. The Morgan fingerprint density at radius 3 is 1.56 bits per heavy atom. The molecule has 1 N–H and O–H groups in total. The highest BCUT2D eigenvalue weighted by Crippen LogP contribution is 2.49. The Labute approximate surface area is 307 Å². The molecular weight excluding hydrogens is 627 g/mol. The van der Waals surface area contributed by atoms with Crippen molar-refractivity contribution in [3.8, 4) is 0 Å². The molecule has 4 heteroatoms. The lowest BCUT2D eigenvalue weighted by Gasteiger charge is -2.38. The maximum absolute atomic E-state index is 4.36. The van der Waals surface area contributed by atoms with Crippen molar-refractivity contribution in [2.24, 2.45) is 0 Å². The number of fused-ring (bicyclic) bond motifs is 2. The van der Waals surface area contributed by atoms with Crippen molar-refractivity contribution in [1.29, 1.82) is 0 Å². The van der Waals surface area contributed by atoms with Crippen molar-refractivity contribution in [2.45, 2.75) is 101 Å². The molecule has 264 valence electrons. The molecule has 4 aromatic carbocycles. The van der Waals surface area contributed by atoms with Crippen molar-refractivity contribution in [2.75, 3.05) is 41.3 Å². The Hall–Kier alpha value is -3.89. The standard InChI is InChI=1S/C46H59N3S/c1-8-14-28-48(29-15-9-2)38-25-22-35(12-5)40(33-38)46(7,37-24-27-43-45(32-37)50-44-21-19-18-20-42(44)47-43)41-34-39(26-23-36(41)13-6)49(30-16-10-3)31-17-11-4/h12-13,18-27,32-34,47H,5-6,8-11,14-17,28-31H2,1-4,7H3. The zero-order chi connectivity index (χ0) is 35.5. The molecular formula is C46H59N3S. The van der Waals surface area contributed by atoms with Gasteiger partial charge in [0, 0.05) is 52.8 Å². The van der Waals surface area contributed by atoms with E-state index in [0.717, 1.165) is 31.9 Å². The lowest BCUT2D eigenvalue weighted by molar-refractivity contribution is 0.664. The molecule has 1 heterocycles. The third-order valence-corrected chi connectivity index (χ3v) is 11.5. The summed E-state index contributed by atoms with van der Waals surface area (Å²) in [6, 6.07) is 29.9. The molecule has 3 nitrogen and oxygen atoms in total. The molecule has 0 saturated heterocycles. The van der Waals surface area contributed by atoms with E-state index in [1.165, 1.54) is 106 Å². The van der Waals surface area contributed by atoms with E-state index < -0.39 is 5.41 Å². The van der Waals surface area contributed by atoms with Gasteiger partial charge in [-0.05, 0) is 109 Å². The average Bonchev–Trinajstić information content (AvgIpc) is 3.16. The Balaban J connectivity index is 1.76. The second-order valence-electron chi connectivity index (χ2n) is 13.9. The van der Waals surface area contributed by atoms with Crippen molar-refractivity contribution >= 4 is 46.7 Å². The van der Waals surface area contributed by atoms with E-state index in [1.807, 2.05) is 11.8 Å². The normalized spacial score (nSPS) is 12.1. The maximum atomic E-state index is 4.36. The predicted octanol–water partition coefficient (Wildman–Crippen LogP) is 13.3. The van der Waals surface area contributed by atoms with E-state index in [-0.39, 0.29) is 0 Å². The molecule has 0 atom stereocenters. The third-order valence-electron chi connectivity index (χ3n) is 10.4. The van der Waals surface area contributed by atoms with Crippen LogP contribution in [0.25, 0.3) is 12.2 Å². The molecule has 0 radical (unpaired) electrons. The average molecular weight is 686 g/mol. The minimum absolute atomic E-state index is 0.492. The van der Waals surface area contributed by atoms with Crippen LogP contribution in [0.2, 0.25) is 0 Å². The number of hydrogen-bond acceptors (Lipinski definition) is 4. The smallest absolute Gasteiger partial charge is 0.0526 e. The molecule has 1 aliphatic rings. The minimum atomic E-state index is -0.492. The maximum Gasteiger partial charge on any atom is 0.0526 e. The summed E-state index contributed by atoms with van der Waals surface area (Å²) in [5, 5.41) is 3.70. The fourth-order valence-electron chi connectivity index (χ4n) is 7.24. The zero-order valence-electron chi connectivity index (χ0n) is 31.4. The molecule has 0 aliphatic carbocycles. The number of unbranched alkanes of at least 4 members (excludes halogenated alkanes) is 4. The van der Waals surface area contributed by atoms with E-state index in [0.29, 0.717) is 0 Å². The summed E-state index contributed by atoms with van der Waals surface area (Å²) in [6.07, 6.45) is 13.6. The fraction of sp³-hybridized carbons (Fsp3) is 0.391. The van der Waals surface area contributed by atoms with Crippen LogP contribution in [0.5, 0.6) is 0 Å². The monoisotopic (exact) mass is 685 g/mol. The predicted molar refractivity (Wildman–Crippen MR) is 223 cm³/mol. The highest BCUT2D eigenvalue weighted by molar-refractivity contribution is 7.99. The van der Waals surface area contributed by atoms with Gasteiger partial charge in [0.1, 0.15) is 0 Å². The lowest BCUT2D eigenvalue weighted by Crippen LogP contribution is -2.31. The number of para-hydroxylation sites is 1. The second kappa shape index (κ2) is 17.9. The topological polar surface area (TPSA) is 18.5 Å². The van der Waals surface area contributed by atoms with Crippen molar-refractivity contribution in [3.63, 3.8) is 0 Å². The van der Waals surface area contributed by atoms with Gasteiger partial charge in [-0.25, -0.2) is 0 Å². The van der Waals surface area contributed by atoms with Crippen LogP contribution in [-0.2, 0) is 5.41 Å². The Kier molecular flexibility index (Phi) is 13.3. The molecule has 4 aromatic rings. The van der Waals surface area contributed by atoms with Crippen LogP contribution >= 0.6 is 11.8 Å². The van der Waals surface area contributed by atoms with Crippen LogP contribution < -0.4 is 15.1 Å². The van der Waals surface area contributed by atoms with E-state index in [4.69, 9.17) is 0 Å². The number of nitrogens with one attached hydrogen (secondary N) is 1. The number of anilines is 4. The highest BCUT2D eigenvalue weighted by atomic mass is 32.2. The highest BCUT2D eigenvalue weighted by Gasteiger charge is 2.36. The molecule has 0 fully saturated rings. The summed E-state index contributed by atoms with van der Waals surface area (Å²) in [5.41, 5.74) is 10.6. The van der Waals surface area contributed by atoms with E-state index in [2.05, 4.69) is 154 Å². The van der Waals surface area contributed by atoms with Gasteiger partial charge < -0.3 is 15.1 Å². The van der Waals surface area contributed by atoms with Gasteiger partial charge in [-0.2, -0.15) is 0 Å². The fourth-order valence-corrected chi connectivity index (χ4v) is 8.27. The Morgan fingerprint density at radius 2 is 1.08 bits per heavy atom. The van der Waals surface area contributed by atoms with Crippen LogP contribution in [0.1, 0.15) is 114 Å². The van der Waals surface area contributed by atoms with E-state index >= 15 is 0 Å². The largest absolute Gasteiger partial charge is 0.372 e. The number of nitrogens with zero attached hydrogens (tertiary/aromatic N) is 2. The van der Waals surface area contributed by atoms with Gasteiger partial charge in [0.15, 0.2) is 0 Å². The quantitative estimate of drug-likeness (QED) is 0.0872. The zero-order valence-corrected chi connectivity index (χ0v) is 32.2. The molecule has 1 aliphatic heterocycles. The summed E-state index contributed by atoms with van der Waals surface area (Å²) in [7, 11) is 0. The molecule has 0 amide bonds. The van der Waals surface area contributed by atoms with Gasteiger partial charge in [0.05, 0.1) is 11.4 Å². The molecule has 0 spiro atoms. The molecule has 0 aromatic heterocycles. The van der Waals surface area contributed by atoms with Crippen molar-refractivity contribution < 1.29 is 0 Å². The molecule has 5 rings (SSSR count). The second-order valence-corrected chi connectivity index (χ2v) is 15.0. The van der Waals surface area contributed by atoms with Gasteiger partial charge in [-0.15, -0.1) is 0 Å². The summed E-state index contributed by atoms with van der Waals surface area (Å²) in [4.78, 5) is 7.72. The van der Waals surface area contributed by atoms with Gasteiger partial charge in [0.2, 0.25) is 0 Å². The van der Waals surface area contributed by atoms with E-state index in [9.17, 15) is 0 Å². The van der Waals surface area contributed by atoms with Crippen LogP contribution in [0.15, 0.2) is 102 Å². The van der Waals surface area contributed by atoms with E-state index in [1.54, 1.807) is 0 Å². The number of benzene rings is 4. The summed E-state index contributed by atoms with van der Waals surface area (Å²) in [6.45, 7) is 24.6. The van der Waals surface area contributed by atoms with Gasteiger partial charge in [0.25, 0.3) is 0 Å². The molecule has 0 bridgehead atoms. The molecule has 50 heavy (non-hydrogen) atoms.